The molecule has 2 aromatic heterocycles. The van der Waals surface area contributed by atoms with Crippen LogP contribution in [0.3, 0.4) is 0 Å². The van der Waals surface area contributed by atoms with E-state index in [0.29, 0.717) is 28.6 Å². The van der Waals surface area contributed by atoms with Crippen LogP contribution in [0, 0.1) is 0 Å². The van der Waals surface area contributed by atoms with E-state index in [1.165, 1.54) is 56.3 Å². The van der Waals surface area contributed by atoms with Gasteiger partial charge in [-0.05, 0) is 64.9 Å². The lowest BCUT2D eigenvalue weighted by Crippen LogP contribution is -2.54. The molecule has 3 aromatic carbocycles. The molecule has 0 fully saturated rings. The Kier molecular flexibility index (Phi) is 14.9. The molecule has 12 heteroatoms. The highest BCUT2D eigenvalue weighted by molar-refractivity contribution is 7.14. The number of aliphatic hydroxyl groups is 1. The number of nitrogens with zero attached hydrogens (tertiary/aromatic N) is 2. The van der Waals surface area contributed by atoms with Crippen LogP contribution >= 0.6 is 11.3 Å². The third-order valence-corrected chi connectivity index (χ3v) is 11.0. The average Bonchev–Trinajstić information content (AvgIpc) is 3.73. The third kappa shape index (κ3) is 12.0. The fourth-order valence-corrected chi connectivity index (χ4v) is 7.08. The first-order valence-corrected chi connectivity index (χ1v) is 20.1. The molecule has 3 atom stereocenters. The minimum Gasteiger partial charge on any atom is -0.497 e. The average molecular weight is 793 g/mol. The molecule has 0 aliphatic carbocycles. The van der Waals surface area contributed by atoms with E-state index in [1.54, 1.807) is 30.6 Å². The summed E-state index contributed by atoms with van der Waals surface area (Å²) in [6, 6.07) is 22.1. The molecule has 5 aromatic rings. The maximum Gasteiger partial charge on any atom is 0.329 e. The topological polar surface area (TPSA) is 160 Å². The predicted octanol–water partition coefficient (Wildman–Crippen LogP) is 8.17. The van der Waals surface area contributed by atoms with Crippen molar-refractivity contribution in [3.63, 3.8) is 0 Å². The Balaban J connectivity index is 1.28. The molecule has 2 amide bonds. The number of carbonyl (C=O) groups excluding carboxylic acids is 2. The first-order valence-electron chi connectivity index (χ1n) is 19.3. The molecule has 0 aliphatic heterocycles. The van der Waals surface area contributed by atoms with Gasteiger partial charge in [0.2, 0.25) is 5.91 Å². The van der Waals surface area contributed by atoms with Crippen molar-refractivity contribution in [2.24, 2.45) is 0 Å². The second kappa shape index (κ2) is 20.0. The zero-order valence-corrected chi connectivity index (χ0v) is 34.0. The molecule has 11 nitrogen and oxygen atoms in total. The van der Waals surface area contributed by atoms with Crippen molar-refractivity contribution >= 4 is 29.1 Å². The standard InChI is InChI=1S/C45H52N4O7S/c1-6-7-8-9-10-25-56-35-21-15-30(16-22-35)33-27-46-41(47-28-33)32-13-11-29(12-14-32)26-36(48-43(52)37-23-24-38(57-37)45(2,3)4)42(51)49-39(44(53)54)40(50)31-17-19-34(55-5)20-18-31/h11-24,27-28,36,39-40,50H,6-10,25-26H2,1-5H3,(H,48,52)(H,49,51)(H,53,54)/t36-,39?,40?/m0/s1. The van der Waals surface area contributed by atoms with Crippen LogP contribution in [0.15, 0.2) is 97.3 Å². The molecule has 300 valence electrons. The monoisotopic (exact) mass is 792 g/mol. The number of aliphatic carboxylic acids is 1. The van der Waals surface area contributed by atoms with Crippen LogP contribution in [0.5, 0.6) is 11.5 Å². The highest BCUT2D eigenvalue weighted by Crippen LogP contribution is 2.30. The Labute approximate surface area is 338 Å². The fraction of sp³-hybridized carbons (Fsp3) is 0.356. The van der Waals surface area contributed by atoms with Crippen molar-refractivity contribution in [2.45, 2.75) is 89.8 Å². The molecule has 0 radical (unpaired) electrons. The van der Waals surface area contributed by atoms with Gasteiger partial charge in [-0.2, -0.15) is 0 Å². The lowest BCUT2D eigenvalue weighted by Gasteiger charge is -2.25. The van der Waals surface area contributed by atoms with Gasteiger partial charge in [0.15, 0.2) is 11.9 Å². The number of ether oxygens (including phenoxy) is 2. The lowest BCUT2D eigenvalue weighted by molar-refractivity contribution is -0.145. The Bertz CT molecular complexity index is 2060. The van der Waals surface area contributed by atoms with E-state index in [9.17, 15) is 24.6 Å². The van der Waals surface area contributed by atoms with Crippen molar-refractivity contribution in [2.75, 3.05) is 13.7 Å². The molecule has 2 heterocycles. The number of amides is 2. The number of aromatic nitrogens is 2. The quantitative estimate of drug-likeness (QED) is 0.0605. The van der Waals surface area contributed by atoms with E-state index < -0.39 is 36.0 Å². The van der Waals surface area contributed by atoms with Crippen molar-refractivity contribution in [1.82, 2.24) is 20.6 Å². The summed E-state index contributed by atoms with van der Waals surface area (Å²) >= 11 is 1.33. The first-order chi connectivity index (χ1) is 27.4. The molecule has 0 saturated carbocycles. The van der Waals surface area contributed by atoms with Gasteiger partial charge < -0.3 is 30.3 Å². The molecule has 0 bridgehead atoms. The van der Waals surface area contributed by atoms with Crippen molar-refractivity contribution < 1.29 is 34.1 Å². The number of rotatable bonds is 19. The minimum absolute atomic E-state index is 0.0404. The second-order valence-corrected chi connectivity index (χ2v) is 16.0. The molecular formula is C45H52N4O7S. The number of hydrogen-bond acceptors (Lipinski definition) is 9. The summed E-state index contributed by atoms with van der Waals surface area (Å²) in [5.41, 5.74) is 3.38. The van der Waals surface area contributed by atoms with Gasteiger partial charge in [-0.1, -0.05) is 102 Å². The Morgan fingerprint density at radius 3 is 2.00 bits per heavy atom. The Hall–Kier alpha value is -5.59. The smallest absolute Gasteiger partial charge is 0.329 e. The summed E-state index contributed by atoms with van der Waals surface area (Å²) in [6.45, 7) is 9.05. The van der Waals surface area contributed by atoms with E-state index in [1.807, 2.05) is 75.4 Å². The van der Waals surface area contributed by atoms with E-state index >= 15 is 0 Å². The van der Waals surface area contributed by atoms with Crippen LogP contribution in [0.2, 0.25) is 0 Å². The molecule has 5 rings (SSSR count). The molecule has 2 unspecified atom stereocenters. The maximum atomic E-state index is 13.8. The largest absolute Gasteiger partial charge is 0.497 e. The minimum atomic E-state index is -1.70. The number of unbranched alkanes of at least 4 members (excludes halogenated alkanes) is 4. The van der Waals surface area contributed by atoms with Crippen LogP contribution in [-0.4, -0.2) is 63.8 Å². The van der Waals surface area contributed by atoms with Crippen molar-refractivity contribution in [3.05, 3.63) is 118 Å². The summed E-state index contributed by atoms with van der Waals surface area (Å²) in [5, 5.41) is 26.4. The summed E-state index contributed by atoms with van der Waals surface area (Å²) in [5.74, 6) is -0.794. The van der Waals surface area contributed by atoms with Crippen LogP contribution < -0.4 is 20.1 Å². The number of carbonyl (C=O) groups is 3. The number of nitrogens with one attached hydrogen (secondary N) is 2. The number of aliphatic hydroxyl groups excluding tert-OH is 1. The molecule has 57 heavy (non-hydrogen) atoms. The van der Waals surface area contributed by atoms with Gasteiger partial charge in [0.05, 0.1) is 18.6 Å². The fourth-order valence-electron chi connectivity index (χ4n) is 6.12. The van der Waals surface area contributed by atoms with E-state index in [2.05, 4.69) is 27.5 Å². The highest BCUT2D eigenvalue weighted by Gasteiger charge is 2.33. The zero-order valence-electron chi connectivity index (χ0n) is 33.2. The third-order valence-electron chi connectivity index (χ3n) is 9.54. The summed E-state index contributed by atoms with van der Waals surface area (Å²) in [4.78, 5) is 50.3. The molecule has 0 spiro atoms. The summed E-state index contributed by atoms with van der Waals surface area (Å²) < 4.78 is 11.1. The zero-order chi connectivity index (χ0) is 41.0. The van der Waals surface area contributed by atoms with Gasteiger partial charge in [0, 0.05) is 34.8 Å². The van der Waals surface area contributed by atoms with E-state index in [0.717, 1.165) is 33.7 Å². The van der Waals surface area contributed by atoms with E-state index in [-0.39, 0.29) is 17.4 Å². The van der Waals surface area contributed by atoms with Gasteiger partial charge in [-0.25, -0.2) is 14.8 Å². The van der Waals surface area contributed by atoms with Gasteiger partial charge in [0.25, 0.3) is 5.91 Å². The second-order valence-electron chi connectivity index (χ2n) is 15.0. The predicted molar refractivity (Wildman–Crippen MR) is 223 cm³/mol. The van der Waals surface area contributed by atoms with Crippen LogP contribution in [-0.2, 0) is 21.4 Å². The number of carboxylic acids is 1. The summed E-state index contributed by atoms with van der Waals surface area (Å²) in [7, 11) is 1.49. The van der Waals surface area contributed by atoms with Crippen LogP contribution in [0.25, 0.3) is 22.5 Å². The molecule has 0 saturated heterocycles. The number of hydrogen-bond donors (Lipinski definition) is 4. The molecular weight excluding hydrogens is 741 g/mol. The lowest BCUT2D eigenvalue weighted by atomic mass is 9.95. The van der Waals surface area contributed by atoms with Crippen molar-refractivity contribution in [1.29, 1.82) is 0 Å². The van der Waals surface area contributed by atoms with Gasteiger partial charge in [0.1, 0.15) is 23.6 Å². The van der Waals surface area contributed by atoms with Crippen LogP contribution in [0.4, 0.5) is 0 Å². The number of benzene rings is 3. The normalized spacial score (nSPS) is 12.9. The number of thiophene rings is 1. The van der Waals surface area contributed by atoms with Gasteiger partial charge in [-0.3, -0.25) is 9.59 Å². The Morgan fingerprint density at radius 1 is 0.772 bits per heavy atom. The Morgan fingerprint density at radius 2 is 1.40 bits per heavy atom. The first kappa shape index (κ1) is 42.6. The number of methoxy groups -OCH3 is 1. The summed E-state index contributed by atoms with van der Waals surface area (Å²) in [6.07, 6.45) is 7.95. The van der Waals surface area contributed by atoms with Crippen molar-refractivity contribution in [3.8, 4) is 34.0 Å². The maximum absolute atomic E-state index is 13.8. The van der Waals surface area contributed by atoms with Crippen LogP contribution in [0.1, 0.15) is 91.6 Å². The number of carboxylic acid groups (broad SMARTS) is 1. The van der Waals surface area contributed by atoms with E-state index in [4.69, 9.17) is 9.47 Å². The SMILES string of the molecule is CCCCCCCOc1ccc(-c2cnc(-c3ccc(C[C@H](NC(=O)c4ccc(C(C)(C)C)s4)C(=O)NC(C(=O)O)C(O)c4ccc(OC)cc4)cc3)nc2)cc1. The van der Waals surface area contributed by atoms with Gasteiger partial charge >= 0.3 is 5.97 Å². The molecule has 4 N–H and O–H groups in total. The molecule has 0 aliphatic rings. The van der Waals surface area contributed by atoms with Gasteiger partial charge in [-0.15, -0.1) is 11.3 Å². The highest BCUT2D eigenvalue weighted by atomic mass is 32.1.